The van der Waals surface area contributed by atoms with Gasteiger partial charge in [0.1, 0.15) is 22.3 Å². The molecule has 0 radical (unpaired) electrons. The minimum absolute atomic E-state index is 0.914. The van der Waals surface area contributed by atoms with Crippen molar-refractivity contribution in [3.8, 4) is 22.3 Å². The minimum Gasteiger partial charge on any atom is -0.455 e. The lowest BCUT2D eigenvalue weighted by atomic mass is 9.90. The van der Waals surface area contributed by atoms with Gasteiger partial charge >= 0.3 is 0 Å². The van der Waals surface area contributed by atoms with Gasteiger partial charge in [0, 0.05) is 32.7 Å². The second kappa shape index (κ2) is 8.82. The highest BCUT2D eigenvalue weighted by Gasteiger charge is 2.16. The number of hydrogen-bond acceptors (Lipinski definition) is 2. The highest BCUT2D eigenvalue weighted by Crippen LogP contribution is 2.42. The average Bonchev–Trinajstić information content (AvgIpc) is 3.67. The number of benzene rings is 8. The van der Waals surface area contributed by atoms with E-state index in [0.29, 0.717) is 0 Å². The summed E-state index contributed by atoms with van der Waals surface area (Å²) >= 11 is 0. The molecule has 0 fully saturated rings. The zero-order valence-electron chi connectivity index (χ0n) is 23.7. The Morgan fingerprint density at radius 2 is 0.659 bits per heavy atom. The zero-order chi connectivity index (χ0) is 28.8. The molecule has 2 heterocycles. The molecule has 10 rings (SSSR count). The molecule has 8 aromatic carbocycles. The van der Waals surface area contributed by atoms with E-state index in [1.807, 2.05) is 24.3 Å². The van der Waals surface area contributed by atoms with Crippen molar-refractivity contribution >= 4 is 76.2 Å². The zero-order valence-corrected chi connectivity index (χ0v) is 23.7. The van der Waals surface area contributed by atoms with Crippen molar-refractivity contribution in [1.82, 2.24) is 0 Å². The Bertz CT molecular complexity index is 2580. The van der Waals surface area contributed by atoms with Gasteiger partial charge in [0.2, 0.25) is 0 Å². The first kappa shape index (κ1) is 23.7. The minimum atomic E-state index is 0.914. The predicted octanol–water partition coefficient (Wildman–Crippen LogP) is 12.3. The maximum absolute atomic E-state index is 6.44. The fraction of sp³-hybridized carbons (Fsp3) is 0. The standard InChI is InChI=1S/C42H24O2/c1-2-10-30-29(9-1)31-21-19-25(27-13-7-15-35-33-11-3-5-17-39(33)43-41(27)35)23-37(31)38-24-26(20-22-32(30)38)28-14-8-16-36-34-12-4-6-18-40(34)44-42(28)36/h1-24H. The summed E-state index contributed by atoms with van der Waals surface area (Å²) in [5, 5.41) is 12.0. The summed E-state index contributed by atoms with van der Waals surface area (Å²) in [5.41, 5.74) is 8.17. The van der Waals surface area contributed by atoms with Crippen LogP contribution in [-0.4, -0.2) is 0 Å². The molecule has 2 nitrogen and oxygen atoms in total. The summed E-state index contributed by atoms with van der Waals surface area (Å²) in [6.45, 7) is 0. The van der Waals surface area contributed by atoms with Crippen molar-refractivity contribution in [2.24, 2.45) is 0 Å². The SMILES string of the molecule is c1ccc2c(c1)oc1c(-c3ccc4c5ccccc5c5ccc(-c6cccc7c6oc6ccccc67)cc5c4c3)cccc12. The number of para-hydroxylation sites is 4. The maximum atomic E-state index is 6.44. The Kier molecular flexibility index (Phi) is 4.75. The van der Waals surface area contributed by atoms with Gasteiger partial charge in [0.05, 0.1) is 0 Å². The smallest absolute Gasteiger partial charge is 0.143 e. The summed E-state index contributed by atoms with van der Waals surface area (Å²) in [7, 11) is 0. The fourth-order valence-electron chi connectivity index (χ4n) is 7.24. The summed E-state index contributed by atoms with van der Waals surface area (Å²) < 4.78 is 12.9. The normalized spacial score (nSPS) is 12.1. The lowest BCUT2D eigenvalue weighted by Gasteiger charge is -2.14. The molecule has 0 bridgehead atoms. The van der Waals surface area contributed by atoms with E-state index in [4.69, 9.17) is 8.83 Å². The van der Waals surface area contributed by atoms with Crippen LogP contribution in [0.3, 0.4) is 0 Å². The van der Waals surface area contributed by atoms with Crippen LogP contribution >= 0.6 is 0 Å². The van der Waals surface area contributed by atoms with Gasteiger partial charge in [-0.25, -0.2) is 0 Å². The maximum Gasteiger partial charge on any atom is 0.143 e. The molecule has 0 N–H and O–H groups in total. The molecule has 2 heteroatoms. The largest absolute Gasteiger partial charge is 0.455 e. The summed E-state index contributed by atoms with van der Waals surface area (Å²) in [6.07, 6.45) is 0. The van der Waals surface area contributed by atoms with E-state index in [-0.39, 0.29) is 0 Å². The van der Waals surface area contributed by atoms with E-state index in [9.17, 15) is 0 Å². The first-order chi connectivity index (χ1) is 21.8. The van der Waals surface area contributed by atoms with E-state index >= 15 is 0 Å². The molecule has 0 aliphatic carbocycles. The molecule has 0 amide bonds. The third kappa shape index (κ3) is 3.25. The predicted molar refractivity (Wildman–Crippen MR) is 184 cm³/mol. The van der Waals surface area contributed by atoms with Crippen LogP contribution in [0.2, 0.25) is 0 Å². The Morgan fingerprint density at radius 1 is 0.273 bits per heavy atom. The van der Waals surface area contributed by atoms with E-state index in [1.165, 1.54) is 32.3 Å². The molecule has 0 atom stereocenters. The van der Waals surface area contributed by atoms with Crippen molar-refractivity contribution in [2.45, 2.75) is 0 Å². The van der Waals surface area contributed by atoms with Gasteiger partial charge in [-0.3, -0.25) is 0 Å². The van der Waals surface area contributed by atoms with Crippen LogP contribution in [-0.2, 0) is 0 Å². The number of fused-ring (bicyclic) bond motifs is 12. The van der Waals surface area contributed by atoms with E-state index in [2.05, 4.69) is 121 Å². The average molecular weight is 561 g/mol. The monoisotopic (exact) mass is 560 g/mol. The second-order valence-corrected chi connectivity index (χ2v) is 11.6. The highest BCUT2D eigenvalue weighted by atomic mass is 16.3. The van der Waals surface area contributed by atoms with Crippen molar-refractivity contribution < 1.29 is 8.83 Å². The Balaban J connectivity index is 1.27. The first-order valence-corrected chi connectivity index (χ1v) is 15.0. The van der Waals surface area contributed by atoms with Gasteiger partial charge in [-0.1, -0.05) is 121 Å². The van der Waals surface area contributed by atoms with Crippen LogP contribution in [0.4, 0.5) is 0 Å². The van der Waals surface area contributed by atoms with E-state index in [1.54, 1.807) is 0 Å². The van der Waals surface area contributed by atoms with E-state index in [0.717, 1.165) is 66.1 Å². The molecule has 0 unspecified atom stereocenters. The fourth-order valence-corrected chi connectivity index (χ4v) is 7.24. The molecule has 0 aliphatic heterocycles. The van der Waals surface area contributed by atoms with E-state index < -0.39 is 0 Å². The topological polar surface area (TPSA) is 26.3 Å². The molecule has 204 valence electrons. The molecule has 44 heavy (non-hydrogen) atoms. The van der Waals surface area contributed by atoms with Crippen LogP contribution in [0.1, 0.15) is 0 Å². The number of furan rings is 2. The number of hydrogen-bond donors (Lipinski definition) is 0. The lowest BCUT2D eigenvalue weighted by Crippen LogP contribution is -1.87. The van der Waals surface area contributed by atoms with Crippen molar-refractivity contribution in [2.75, 3.05) is 0 Å². The molecular weight excluding hydrogens is 536 g/mol. The van der Waals surface area contributed by atoms with Gasteiger partial charge in [-0.05, 0) is 67.7 Å². The van der Waals surface area contributed by atoms with Crippen LogP contribution in [0.5, 0.6) is 0 Å². The van der Waals surface area contributed by atoms with Crippen LogP contribution in [0.25, 0.3) is 98.4 Å². The molecule has 0 saturated carbocycles. The quantitative estimate of drug-likeness (QED) is 0.197. The van der Waals surface area contributed by atoms with Crippen LogP contribution in [0.15, 0.2) is 154 Å². The second-order valence-electron chi connectivity index (χ2n) is 11.6. The van der Waals surface area contributed by atoms with Crippen molar-refractivity contribution in [1.29, 1.82) is 0 Å². The summed E-state index contributed by atoms with van der Waals surface area (Å²) in [5.74, 6) is 0. The van der Waals surface area contributed by atoms with Crippen molar-refractivity contribution in [3.63, 3.8) is 0 Å². The van der Waals surface area contributed by atoms with Gasteiger partial charge in [-0.15, -0.1) is 0 Å². The summed E-state index contributed by atoms with van der Waals surface area (Å²) in [6, 6.07) is 51.9. The van der Waals surface area contributed by atoms with Crippen LogP contribution in [0, 0.1) is 0 Å². The van der Waals surface area contributed by atoms with Crippen molar-refractivity contribution in [3.05, 3.63) is 146 Å². The molecular formula is C42H24O2. The third-order valence-corrected chi connectivity index (χ3v) is 9.27. The third-order valence-electron chi connectivity index (χ3n) is 9.27. The Hall–Kier alpha value is -5.86. The first-order valence-electron chi connectivity index (χ1n) is 15.0. The van der Waals surface area contributed by atoms with Gasteiger partial charge < -0.3 is 8.83 Å². The van der Waals surface area contributed by atoms with Gasteiger partial charge in [-0.2, -0.15) is 0 Å². The summed E-state index contributed by atoms with van der Waals surface area (Å²) in [4.78, 5) is 0. The van der Waals surface area contributed by atoms with Gasteiger partial charge in [0.15, 0.2) is 0 Å². The highest BCUT2D eigenvalue weighted by molar-refractivity contribution is 6.26. The van der Waals surface area contributed by atoms with Crippen LogP contribution < -0.4 is 0 Å². The molecule has 0 aliphatic rings. The lowest BCUT2D eigenvalue weighted by molar-refractivity contribution is 0.669. The Morgan fingerprint density at radius 3 is 1.14 bits per heavy atom. The Labute approximate surface area is 252 Å². The molecule has 10 aromatic rings. The van der Waals surface area contributed by atoms with Gasteiger partial charge in [0.25, 0.3) is 0 Å². The molecule has 0 saturated heterocycles. The molecule has 0 spiro atoms. The number of rotatable bonds is 2. The molecule has 2 aromatic heterocycles.